The number of rotatable bonds is 5. The van der Waals surface area contributed by atoms with Crippen molar-refractivity contribution < 1.29 is 9.90 Å². The van der Waals surface area contributed by atoms with Gasteiger partial charge in [0.2, 0.25) is 0 Å². The van der Waals surface area contributed by atoms with Gasteiger partial charge in [-0.1, -0.05) is 26.0 Å². The van der Waals surface area contributed by atoms with Gasteiger partial charge in [0.25, 0.3) is 0 Å². The molecule has 0 saturated heterocycles. The Labute approximate surface area is 108 Å². The van der Waals surface area contributed by atoms with Gasteiger partial charge in [-0.25, -0.2) is 4.79 Å². The molecule has 3 N–H and O–H groups in total. The number of aliphatic hydroxyl groups excluding tert-OH is 1. The number of aliphatic hydroxyl groups is 1. The van der Waals surface area contributed by atoms with E-state index in [0.29, 0.717) is 0 Å². The lowest BCUT2D eigenvalue weighted by Gasteiger charge is -2.15. The van der Waals surface area contributed by atoms with Crippen LogP contribution in [0.4, 0.5) is 10.5 Å². The first-order valence-corrected chi connectivity index (χ1v) is 6.42. The molecule has 1 aromatic rings. The second-order valence-corrected chi connectivity index (χ2v) is 4.41. The summed E-state index contributed by atoms with van der Waals surface area (Å²) in [5.41, 5.74) is 1.56. The van der Waals surface area contributed by atoms with Crippen molar-refractivity contribution in [1.82, 2.24) is 5.32 Å². The van der Waals surface area contributed by atoms with Crippen LogP contribution in [0.5, 0.6) is 0 Å². The Morgan fingerprint density at radius 2 is 1.78 bits per heavy atom. The third-order valence-corrected chi connectivity index (χ3v) is 2.97. The third kappa shape index (κ3) is 4.37. The standard InChI is InChI=1S/C14H22N2O2/c1-4-12(5-2)15-14(18)16-13-8-6-11(7-9-13)10(3)17/h6-10,12,17H,4-5H2,1-3H3,(H2,15,16,18). The number of anilines is 1. The SMILES string of the molecule is CCC(CC)NC(=O)Nc1ccc(C(C)O)cc1. The summed E-state index contributed by atoms with van der Waals surface area (Å²) in [5, 5.41) is 15.1. The molecule has 4 nitrogen and oxygen atoms in total. The Morgan fingerprint density at radius 1 is 1.22 bits per heavy atom. The smallest absolute Gasteiger partial charge is 0.319 e. The van der Waals surface area contributed by atoms with E-state index in [9.17, 15) is 9.90 Å². The summed E-state index contributed by atoms with van der Waals surface area (Å²) in [6.45, 7) is 5.81. The van der Waals surface area contributed by atoms with Gasteiger partial charge in [0.15, 0.2) is 0 Å². The Kier molecular flexibility index (Phi) is 5.65. The monoisotopic (exact) mass is 250 g/mol. The number of benzene rings is 1. The highest BCUT2D eigenvalue weighted by Gasteiger charge is 2.08. The van der Waals surface area contributed by atoms with Crippen LogP contribution >= 0.6 is 0 Å². The fourth-order valence-electron chi connectivity index (χ4n) is 1.69. The van der Waals surface area contributed by atoms with Crippen LogP contribution < -0.4 is 10.6 Å². The molecule has 4 heteroatoms. The molecule has 18 heavy (non-hydrogen) atoms. The molecule has 0 bridgehead atoms. The summed E-state index contributed by atoms with van der Waals surface area (Å²) < 4.78 is 0. The first kappa shape index (κ1) is 14.5. The predicted octanol–water partition coefficient (Wildman–Crippen LogP) is 3.05. The minimum Gasteiger partial charge on any atom is -0.389 e. The number of hydrogen-bond acceptors (Lipinski definition) is 2. The quantitative estimate of drug-likeness (QED) is 0.752. The average molecular weight is 250 g/mol. The molecule has 0 aliphatic rings. The summed E-state index contributed by atoms with van der Waals surface area (Å²) in [4.78, 5) is 11.7. The molecule has 1 rings (SSSR count). The number of hydrogen-bond donors (Lipinski definition) is 3. The van der Waals surface area contributed by atoms with E-state index < -0.39 is 6.10 Å². The zero-order valence-corrected chi connectivity index (χ0v) is 11.2. The Bertz CT molecular complexity index is 370. The van der Waals surface area contributed by atoms with Crippen LogP contribution in [0.1, 0.15) is 45.3 Å². The molecule has 1 atom stereocenters. The summed E-state index contributed by atoms with van der Waals surface area (Å²) >= 11 is 0. The molecule has 0 radical (unpaired) electrons. The highest BCUT2D eigenvalue weighted by atomic mass is 16.3. The van der Waals surface area contributed by atoms with Crippen molar-refractivity contribution >= 4 is 11.7 Å². The largest absolute Gasteiger partial charge is 0.389 e. The van der Waals surface area contributed by atoms with E-state index in [-0.39, 0.29) is 12.1 Å². The lowest BCUT2D eigenvalue weighted by molar-refractivity contribution is 0.199. The summed E-state index contributed by atoms with van der Waals surface area (Å²) in [5.74, 6) is 0. The van der Waals surface area contributed by atoms with Crippen LogP contribution in [0.3, 0.4) is 0 Å². The van der Waals surface area contributed by atoms with Gasteiger partial charge in [-0.2, -0.15) is 0 Å². The lowest BCUT2D eigenvalue weighted by Crippen LogP contribution is -2.37. The topological polar surface area (TPSA) is 61.4 Å². The maximum absolute atomic E-state index is 11.7. The molecule has 0 aliphatic carbocycles. The van der Waals surface area contributed by atoms with E-state index in [0.717, 1.165) is 24.1 Å². The van der Waals surface area contributed by atoms with Crippen LogP contribution in [0.25, 0.3) is 0 Å². The van der Waals surface area contributed by atoms with E-state index >= 15 is 0 Å². The van der Waals surface area contributed by atoms with Crippen molar-refractivity contribution in [2.24, 2.45) is 0 Å². The molecule has 1 unspecified atom stereocenters. The van der Waals surface area contributed by atoms with Crippen molar-refractivity contribution in [3.05, 3.63) is 29.8 Å². The van der Waals surface area contributed by atoms with E-state index in [1.165, 1.54) is 0 Å². The summed E-state index contributed by atoms with van der Waals surface area (Å²) in [6, 6.07) is 7.20. The molecular weight excluding hydrogens is 228 g/mol. The molecule has 1 aromatic carbocycles. The van der Waals surface area contributed by atoms with Crippen LogP contribution in [0.15, 0.2) is 24.3 Å². The Morgan fingerprint density at radius 3 is 2.22 bits per heavy atom. The van der Waals surface area contributed by atoms with Crippen molar-refractivity contribution in [2.45, 2.75) is 45.8 Å². The second-order valence-electron chi connectivity index (χ2n) is 4.41. The molecule has 0 aromatic heterocycles. The fourth-order valence-corrected chi connectivity index (χ4v) is 1.69. The van der Waals surface area contributed by atoms with Gasteiger partial charge in [-0.05, 0) is 37.5 Å². The molecule has 2 amide bonds. The third-order valence-electron chi connectivity index (χ3n) is 2.97. The first-order valence-electron chi connectivity index (χ1n) is 6.42. The zero-order valence-electron chi connectivity index (χ0n) is 11.2. The van der Waals surface area contributed by atoms with Crippen LogP contribution in [-0.4, -0.2) is 17.2 Å². The van der Waals surface area contributed by atoms with Crippen LogP contribution in [-0.2, 0) is 0 Å². The first-order chi connectivity index (χ1) is 8.56. The zero-order chi connectivity index (χ0) is 13.5. The van der Waals surface area contributed by atoms with Gasteiger partial charge in [-0.3, -0.25) is 0 Å². The predicted molar refractivity (Wildman–Crippen MR) is 73.6 cm³/mol. The maximum atomic E-state index is 11.7. The number of urea groups is 1. The maximum Gasteiger partial charge on any atom is 0.319 e. The highest BCUT2D eigenvalue weighted by Crippen LogP contribution is 2.15. The second kappa shape index (κ2) is 7.01. The molecule has 0 fully saturated rings. The summed E-state index contributed by atoms with van der Waals surface area (Å²) in [7, 11) is 0. The van der Waals surface area contributed by atoms with Crippen LogP contribution in [0, 0.1) is 0 Å². The van der Waals surface area contributed by atoms with Gasteiger partial charge in [-0.15, -0.1) is 0 Å². The number of amides is 2. The van der Waals surface area contributed by atoms with Gasteiger partial charge < -0.3 is 15.7 Å². The Balaban J connectivity index is 2.54. The number of nitrogens with one attached hydrogen (secondary N) is 2. The lowest BCUT2D eigenvalue weighted by atomic mass is 10.1. The van der Waals surface area contributed by atoms with E-state index in [1.54, 1.807) is 31.2 Å². The average Bonchev–Trinajstić information content (AvgIpc) is 2.36. The van der Waals surface area contributed by atoms with Crippen molar-refractivity contribution in [2.75, 3.05) is 5.32 Å². The van der Waals surface area contributed by atoms with Crippen molar-refractivity contribution in [3.8, 4) is 0 Å². The highest BCUT2D eigenvalue weighted by molar-refractivity contribution is 5.89. The minimum atomic E-state index is -0.488. The normalized spacial score (nSPS) is 12.3. The van der Waals surface area contributed by atoms with Gasteiger partial charge in [0.05, 0.1) is 6.10 Å². The summed E-state index contributed by atoms with van der Waals surface area (Å²) in [6.07, 6.45) is 1.35. The molecule has 0 spiro atoms. The van der Waals surface area contributed by atoms with Crippen molar-refractivity contribution in [1.29, 1.82) is 0 Å². The van der Waals surface area contributed by atoms with Gasteiger partial charge in [0.1, 0.15) is 0 Å². The number of carbonyl (C=O) groups is 1. The fraction of sp³-hybridized carbons (Fsp3) is 0.500. The van der Waals surface area contributed by atoms with E-state index in [4.69, 9.17) is 0 Å². The van der Waals surface area contributed by atoms with Crippen molar-refractivity contribution in [3.63, 3.8) is 0 Å². The Hall–Kier alpha value is -1.55. The molecule has 100 valence electrons. The number of carbonyl (C=O) groups excluding carboxylic acids is 1. The van der Waals surface area contributed by atoms with E-state index in [1.807, 2.05) is 13.8 Å². The van der Waals surface area contributed by atoms with Gasteiger partial charge in [0, 0.05) is 11.7 Å². The molecular formula is C14H22N2O2. The van der Waals surface area contributed by atoms with Gasteiger partial charge >= 0.3 is 6.03 Å². The molecule has 0 aliphatic heterocycles. The minimum absolute atomic E-state index is 0.187. The molecule has 0 heterocycles. The van der Waals surface area contributed by atoms with Crippen LogP contribution in [0.2, 0.25) is 0 Å². The molecule has 0 saturated carbocycles. The van der Waals surface area contributed by atoms with E-state index in [2.05, 4.69) is 10.6 Å².